The zero-order valence-corrected chi connectivity index (χ0v) is 14.0. The molecule has 2 fully saturated rings. The number of carbonyl (C=O) groups is 2. The van der Waals surface area contributed by atoms with Crippen LogP contribution in [0.4, 0.5) is 0 Å². The fraction of sp³-hybridized carbons (Fsp3) is 0.278. The summed E-state index contributed by atoms with van der Waals surface area (Å²) >= 11 is 5.92. The fourth-order valence-electron chi connectivity index (χ4n) is 3.16. The zero-order chi connectivity index (χ0) is 17.4. The van der Waals surface area contributed by atoms with Crippen LogP contribution in [-0.4, -0.2) is 41.5 Å². The minimum Gasteiger partial charge on any atom is -0.465 e. The van der Waals surface area contributed by atoms with Crippen molar-refractivity contribution >= 4 is 23.5 Å². The Morgan fingerprint density at radius 2 is 2.12 bits per heavy atom. The molecule has 0 spiro atoms. The predicted molar refractivity (Wildman–Crippen MR) is 89.6 cm³/mol. The average Bonchev–Trinajstić information content (AvgIpc) is 3.17. The average molecular weight is 359 g/mol. The van der Waals surface area contributed by atoms with Gasteiger partial charge in [0, 0.05) is 24.0 Å². The Morgan fingerprint density at radius 1 is 1.24 bits per heavy atom. The molecule has 25 heavy (non-hydrogen) atoms. The summed E-state index contributed by atoms with van der Waals surface area (Å²) in [4.78, 5) is 30.0. The molecule has 3 heterocycles. The van der Waals surface area contributed by atoms with E-state index in [9.17, 15) is 9.59 Å². The number of likely N-dealkylation sites (tertiary alicyclic amines) is 1. The van der Waals surface area contributed by atoms with Gasteiger partial charge in [-0.25, -0.2) is 4.98 Å². The Morgan fingerprint density at radius 3 is 2.84 bits per heavy atom. The highest BCUT2D eigenvalue weighted by molar-refractivity contribution is 6.30. The van der Waals surface area contributed by atoms with Crippen molar-refractivity contribution in [2.24, 2.45) is 11.8 Å². The molecule has 4 rings (SSSR count). The monoisotopic (exact) mass is 358 g/mol. The van der Waals surface area contributed by atoms with Crippen molar-refractivity contribution < 1.29 is 19.1 Å². The van der Waals surface area contributed by atoms with Gasteiger partial charge >= 0.3 is 5.97 Å². The largest absolute Gasteiger partial charge is 0.465 e. The number of halogens is 1. The van der Waals surface area contributed by atoms with E-state index in [0.29, 0.717) is 41.9 Å². The van der Waals surface area contributed by atoms with Crippen LogP contribution in [0.2, 0.25) is 5.02 Å². The number of nitrogens with zero attached hydrogens (tertiary/aromatic N) is 2. The third kappa shape index (κ3) is 3.17. The van der Waals surface area contributed by atoms with Crippen LogP contribution in [0.5, 0.6) is 11.5 Å². The van der Waals surface area contributed by atoms with Gasteiger partial charge in [0.1, 0.15) is 17.2 Å². The first-order chi connectivity index (χ1) is 12.1. The van der Waals surface area contributed by atoms with Gasteiger partial charge in [0.05, 0.1) is 18.7 Å². The van der Waals surface area contributed by atoms with Crippen molar-refractivity contribution in [2.75, 3.05) is 19.7 Å². The molecule has 0 N–H and O–H groups in total. The SMILES string of the molecule is O=C1OC[C@H]2CN(C(=O)c3ccc(Oc4cccc(Cl)c4)cn3)C[C@@H]12. The number of esters is 1. The Bertz CT molecular complexity index is 824. The molecule has 0 saturated carbocycles. The first-order valence-corrected chi connectivity index (χ1v) is 8.33. The van der Waals surface area contributed by atoms with E-state index in [1.54, 1.807) is 41.3 Å². The van der Waals surface area contributed by atoms with Gasteiger partial charge in [0.2, 0.25) is 0 Å². The summed E-state index contributed by atoms with van der Waals surface area (Å²) in [6.07, 6.45) is 1.50. The normalized spacial score (nSPS) is 21.8. The van der Waals surface area contributed by atoms with Gasteiger partial charge < -0.3 is 14.4 Å². The molecule has 2 aromatic rings. The van der Waals surface area contributed by atoms with Gasteiger partial charge in [0.25, 0.3) is 5.91 Å². The molecule has 1 amide bonds. The molecular formula is C18H15ClN2O4. The van der Waals surface area contributed by atoms with E-state index >= 15 is 0 Å². The summed E-state index contributed by atoms with van der Waals surface area (Å²) < 4.78 is 10.7. The van der Waals surface area contributed by atoms with Crippen molar-refractivity contribution in [3.63, 3.8) is 0 Å². The molecule has 1 aromatic heterocycles. The number of hydrogen-bond donors (Lipinski definition) is 0. The standard InChI is InChI=1S/C18H15ClN2O4/c19-12-2-1-3-13(6-12)25-14-4-5-16(20-7-14)17(22)21-8-11-10-24-18(23)15(11)9-21/h1-7,11,15H,8-10H2/t11-,15-/m1/s1. The molecule has 2 aliphatic rings. The summed E-state index contributed by atoms with van der Waals surface area (Å²) in [7, 11) is 0. The molecule has 2 aliphatic heterocycles. The van der Waals surface area contributed by atoms with Crippen LogP contribution < -0.4 is 4.74 Å². The minimum absolute atomic E-state index is 0.0990. The number of cyclic esters (lactones) is 1. The zero-order valence-electron chi connectivity index (χ0n) is 13.2. The van der Waals surface area contributed by atoms with Crippen molar-refractivity contribution in [2.45, 2.75) is 0 Å². The summed E-state index contributed by atoms with van der Waals surface area (Å²) in [5, 5.41) is 0.579. The van der Waals surface area contributed by atoms with Gasteiger partial charge in [0.15, 0.2) is 0 Å². The highest BCUT2D eigenvalue weighted by Crippen LogP contribution is 2.31. The van der Waals surface area contributed by atoms with E-state index in [0.717, 1.165) is 0 Å². The Kier molecular flexibility index (Phi) is 4.05. The quantitative estimate of drug-likeness (QED) is 0.789. The first-order valence-electron chi connectivity index (χ1n) is 7.95. The lowest BCUT2D eigenvalue weighted by Crippen LogP contribution is -2.31. The number of pyridine rings is 1. The van der Waals surface area contributed by atoms with E-state index in [1.807, 2.05) is 0 Å². The molecule has 6 nitrogen and oxygen atoms in total. The second-order valence-corrected chi connectivity index (χ2v) is 6.58. The van der Waals surface area contributed by atoms with E-state index < -0.39 is 0 Å². The topological polar surface area (TPSA) is 68.7 Å². The summed E-state index contributed by atoms with van der Waals surface area (Å²) in [5.74, 6) is 0.617. The first kappa shape index (κ1) is 15.9. The predicted octanol–water partition coefficient (Wildman–Crippen LogP) is 2.77. The van der Waals surface area contributed by atoms with E-state index in [-0.39, 0.29) is 23.7 Å². The lowest BCUT2D eigenvalue weighted by Gasteiger charge is -2.16. The molecule has 7 heteroatoms. The molecule has 0 unspecified atom stereocenters. The molecule has 0 bridgehead atoms. The maximum atomic E-state index is 12.6. The van der Waals surface area contributed by atoms with E-state index in [2.05, 4.69) is 4.98 Å². The number of rotatable bonds is 3. The van der Waals surface area contributed by atoms with Gasteiger partial charge in [-0.05, 0) is 30.3 Å². The van der Waals surface area contributed by atoms with Crippen LogP contribution in [0.15, 0.2) is 42.6 Å². The van der Waals surface area contributed by atoms with Crippen LogP contribution in [-0.2, 0) is 9.53 Å². The van der Waals surface area contributed by atoms with Gasteiger partial charge in [-0.15, -0.1) is 0 Å². The summed E-state index contributed by atoms with van der Waals surface area (Å²) in [5.41, 5.74) is 0.326. The maximum absolute atomic E-state index is 12.6. The summed E-state index contributed by atoms with van der Waals surface area (Å²) in [6.45, 7) is 1.32. The van der Waals surface area contributed by atoms with Crippen molar-refractivity contribution in [3.05, 3.63) is 53.3 Å². The number of hydrogen-bond acceptors (Lipinski definition) is 5. The van der Waals surface area contributed by atoms with E-state index in [4.69, 9.17) is 21.1 Å². The van der Waals surface area contributed by atoms with Crippen LogP contribution in [0, 0.1) is 11.8 Å². The molecule has 128 valence electrons. The van der Waals surface area contributed by atoms with Gasteiger partial charge in [-0.3, -0.25) is 9.59 Å². The molecule has 1 aromatic carbocycles. The van der Waals surface area contributed by atoms with Crippen molar-refractivity contribution in [1.82, 2.24) is 9.88 Å². The number of carbonyl (C=O) groups excluding carboxylic acids is 2. The lowest BCUT2D eigenvalue weighted by atomic mass is 10.0. The van der Waals surface area contributed by atoms with Crippen molar-refractivity contribution in [3.8, 4) is 11.5 Å². The fourth-order valence-corrected chi connectivity index (χ4v) is 3.35. The Hall–Kier alpha value is -2.60. The molecular weight excluding hydrogens is 344 g/mol. The minimum atomic E-state index is -0.210. The van der Waals surface area contributed by atoms with Gasteiger partial charge in [-0.2, -0.15) is 0 Å². The number of fused-ring (bicyclic) bond motifs is 1. The van der Waals surface area contributed by atoms with Crippen LogP contribution in [0.25, 0.3) is 0 Å². The lowest BCUT2D eigenvalue weighted by molar-refractivity contribution is -0.141. The van der Waals surface area contributed by atoms with Crippen LogP contribution in [0.1, 0.15) is 10.5 Å². The summed E-state index contributed by atoms with van der Waals surface area (Å²) in [6, 6.07) is 10.3. The smallest absolute Gasteiger partial charge is 0.311 e. The highest BCUT2D eigenvalue weighted by atomic mass is 35.5. The number of ether oxygens (including phenoxy) is 2. The third-order valence-electron chi connectivity index (χ3n) is 4.46. The van der Waals surface area contributed by atoms with Crippen molar-refractivity contribution in [1.29, 1.82) is 0 Å². The maximum Gasteiger partial charge on any atom is 0.311 e. The molecule has 2 saturated heterocycles. The van der Waals surface area contributed by atoms with E-state index in [1.165, 1.54) is 6.20 Å². The second kappa shape index (κ2) is 6.37. The highest BCUT2D eigenvalue weighted by Gasteiger charge is 2.45. The Balaban J connectivity index is 1.43. The molecule has 0 radical (unpaired) electrons. The second-order valence-electron chi connectivity index (χ2n) is 6.15. The number of amides is 1. The van der Waals surface area contributed by atoms with Crippen LogP contribution in [0.3, 0.4) is 0 Å². The third-order valence-corrected chi connectivity index (χ3v) is 4.69. The van der Waals surface area contributed by atoms with Gasteiger partial charge in [-0.1, -0.05) is 17.7 Å². The molecule has 2 atom stereocenters. The molecule has 0 aliphatic carbocycles. The Labute approximate surface area is 149 Å². The number of benzene rings is 1. The van der Waals surface area contributed by atoms with Crippen LogP contribution >= 0.6 is 11.6 Å². The number of aromatic nitrogens is 1.